The largest absolute Gasteiger partial charge is 0.387 e. The number of nitrogens with zero attached hydrogens (tertiary/aromatic N) is 2. The first-order valence-electron chi connectivity index (χ1n) is 10.8. The Labute approximate surface area is 188 Å². The van der Waals surface area contributed by atoms with Gasteiger partial charge in [-0.2, -0.15) is 0 Å². The summed E-state index contributed by atoms with van der Waals surface area (Å²) in [5.41, 5.74) is 6.05. The number of hydrogen-bond donors (Lipinski definition) is 3. The van der Waals surface area contributed by atoms with Crippen LogP contribution in [-0.2, 0) is 0 Å². The van der Waals surface area contributed by atoms with Crippen LogP contribution in [0.25, 0.3) is 11.3 Å². The van der Waals surface area contributed by atoms with Gasteiger partial charge in [0.2, 0.25) is 0 Å². The number of fused-ring (bicyclic) bond motifs is 1. The molecule has 0 fully saturated rings. The molecule has 6 heteroatoms. The molecule has 1 heterocycles. The molecule has 0 bridgehead atoms. The molecule has 4 rings (SSSR count). The Hall–Kier alpha value is -2.47. The van der Waals surface area contributed by atoms with Crippen molar-refractivity contribution >= 4 is 17.3 Å². The average Bonchev–Trinajstić information content (AvgIpc) is 3.06. The number of hydrogen-bond acceptors (Lipinski definition) is 5. The molecular weight excluding hydrogens is 408 g/mol. The van der Waals surface area contributed by atoms with Gasteiger partial charge in [-0.15, -0.1) is 0 Å². The van der Waals surface area contributed by atoms with Gasteiger partial charge < -0.3 is 15.7 Å². The minimum atomic E-state index is -0.494. The Balaban J connectivity index is 1.49. The van der Waals surface area contributed by atoms with E-state index in [0.29, 0.717) is 12.5 Å². The molecular formula is C25H29ClN4O. The monoisotopic (exact) mass is 436 g/mol. The fraction of sp³-hybridized carbons (Fsp3) is 0.360. The van der Waals surface area contributed by atoms with Crippen molar-refractivity contribution in [3.05, 3.63) is 76.7 Å². The van der Waals surface area contributed by atoms with Crippen molar-refractivity contribution < 1.29 is 5.11 Å². The highest BCUT2D eigenvalue weighted by atomic mass is 35.5. The Morgan fingerprint density at radius 3 is 2.45 bits per heavy atom. The molecule has 31 heavy (non-hydrogen) atoms. The smallest absolute Gasteiger partial charge is 0.116 e. The Bertz CT molecular complexity index is 1020. The maximum atomic E-state index is 10.2. The van der Waals surface area contributed by atoms with E-state index in [1.54, 1.807) is 6.33 Å². The van der Waals surface area contributed by atoms with E-state index in [2.05, 4.69) is 77.8 Å². The lowest BCUT2D eigenvalue weighted by Gasteiger charge is -2.23. The van der Waals surface area contributed by atoms with Gasteiger partial charge in [0, 0.05) is 40.5 Å². The van der Waals surface area contributed by atoms with Crippen LogP contribution in [0.15, 0.2) is 54.9 Å². The van der Waals surface area contributed by atoms with E-state index in [9.17, 15) is 5.11 Å². The van der Waals surface area contributed by atoms with Crippen molar-refractivity contribution in [3.63, 3.8) is 0 Å². The fourth-order valence-corrected chi connectivity index (χ4v) is 4.42. The van der Waals surface area contributed by atoms with E-state index in [1.165, 1.54) is 5.56 Å². The van der Waals surface area contributed by atoms with E-state index in [1.807, 2.05) is 12.1 Å². The number of nitrogens with one attached hydrogen (secondary N) is 2. The number of rotatable bonds is 7. The van der Waals surface area contributed by atoms with Crippen molar-refractivity contribution in [1.29, 1.82) is 0 Å². The normalized spacial score (nSPS) is 18.8. The molecule has 1 aliphatic carbocycles. The molecule has 0 saturated heterocycles. The van der Waals surface area contributed by atoms with Crippen molar-refractivity contribution in [2.24, 2.45) is 0 Å². The fourth-order valence-electron chi connectivity index (χ4n) is 4.29. The molecule has 3 N–H and O–H groups in total. The molecule has 1 aromatic heterocycles. The summed E-state index contributed by atoms with van der Waals surface area (Å²) in [6.07, 6.45) is 1.76. The summed E-state index contributed by atoms with van der Waals surface area (Å²) in [5, 5.41) is 18.1. The first kappa shape index (κ1) is 21.8. The molecule has 162 valence electrons. The summed E-state index contributed by atoms with van der Waals surface area (Å²) >= 11 is 6.05. The first-order chi connectivity index (χ1) is 14.9. The van der Waals surface area contributed by atoms with Gasteiger partial charge in [-0.1, -0.05) is 56.6 Å². The molecule has 0 amide bonds. The summed E-state index contributed by atoms with van der Waals surface area (Å²) in [6, 6.07) is 16.8. The van der Waals surface area contributed by atoms with Gasteiger partial charge in [-0.05, 0) is 42.2 Å². The van der Waals surface area contributed by atoms with Crippen molar-refractivity contribution in [3.8, 4) is 11.3 Å². The Kier molecular flexibility index (Phi) is 6.56. The number of anilines is 1. The van der Waals surface area contributed by atoms with Crippen molar-refractivity contribution in [2.75, 3.05) is 11.9 Å². The van der Waals surface area contributed by atoms with Gasteiger partial charge in [-0.3, -0.25) is 0 Å². The molecule has 1 aliphatic rings. The highest BCUT2D eigenvalue weighted by Gasteiger charge is 2.31. The average molecular weight is 437 g/mol. The second kappa shape index (κ2) is 9.35. The van der Waals surface area contributed by atoms with Gasteiger partial charge in [-0.25, -0.2) is 9.97 Å². The number of aromatic nitrogens is 2. The van der Waals surface area contributed by atoms with Crippen LogP contribution in [0.2, 0.25) is 5.02 Å². The van der Waals surface area contributed by atoms with E-state index in [-0.39, 0.29) is 12.0 Å². The number of aliphatic hydroxyl groups excluding tert-OH is 1. The lowest BCUT2D eigenvalue weighted by molar-refractivity contribution is 0.170. The first-order valence-corrected chi connectivity index (χ1v) is 11.2. The second-order valence-electron chi connectivity index (χ2n) is 8.56. The molecule has 3 atom stereocenters. The predicted octanol–water partition coefficient (Wildman–Crippen LogP) is 5.49. The van der Waals surface area contributed by atoms with Gasteiger partial charge >= 0.3 is 0 Å². The van der Waals surface area contributed by atoms with Gasteiger partial charge in [0.25, 0.3) is 0 Å². The Morgan fingerprint density at radius 1 is 1.06 bits per heavy atom. The summed E-state index contributed by atoms with van der Waals surface area (Å²) in [7, 11) is 0. The lowest BCUT2D eigenvalue weighted by Crippen LogP contribution is -2.32. The highest BCUT2D eigenvalue weighted by Crippen LogP contribution is 2.42. The summed E-state index contributed by atoms with van der Waals surface area (Å²) < 4.78 is 0. The third kappa shape index (κ3) is 4.90. The number of halogens is 1. The maximum Gasteiger partial charge on any atom is 0.116 e. The zero-order valence-corrected chi connectivity index (χ0v) is 18.9. The van der Waals surface area contributed by atoms with Crippen LogP contribution in [0.5, 0.6) is 0 Å². The quantitative estimate of drug-likeness (QED) is 0.457. The van der Waals surface area contributed by atoms with E-state index < -0.39 is 6.10 Å². The topological polar surface area (TPSA) is 70.1 Å². The number of benzene rings is 2. The molecule has 1 unspecified atom stereocenters. The van der Waals surface area contributed by atoms with Gasteiger partial charge in [0.05, 0.1) is 17.5 Å². The maximum absolute atomic E-state index is 10.2. The summed E-state index contributed by atoms with van der Waals surface area (Å²) in [6.45, 7) is 7.17. The molecule has 2 aromatic carbocycles. The minimum Gasteiger partial charge on any atom is -0.387 e. The van der Waals surface area contributed by atoms with E-state index in [4.69, 9.17) is 11.6 Å². The van der Waals surface area contributed by atoms with Crippen molar-refractivity contribution in [1.82, 2.24) is 15.3 Å². The van der Waals surface area contributed by atoms with Crippen LogP contribution in [0.1, 0.15) is 62.1 Å². The van der Waals surface area contributed by atoms with Crippen LogP contribution in [0.3, 0.4) is 0 Å². The predicted molar refractivity (Wildman–Crippen MR) is 126 cm³/mol. The van der Waals surface area contributed by atoms with Crippen LogP contribution < -0.4 is 10.6 Å². The van der Waals surface area contributed by atoms with Crippen LogP contribution in [0, 0.1) is 0 Å². The third-order valence-electron chi connectivity index (χ3n) is 5.78. The minimum absolute atomic E-state index is 0.171. The third-order valence-corrected chi connectivity index (χ3v) is 6.03. The molecule has 5 nitrogen and oxygen atoms in total. The zero-order chi connectivity index (χ0) is 22.0. The molecule has 0 spiro atoms. The standard InChI is InChI=1S/C25H29ClN4O/c1-15(2)30-21(17-4-8-19(26)9-5-17)13-27-20-10-6-18(7-11-20)24-23-16(3)12-22(31)25(23)29-14-28-24/h4-11,14-16,21-22,27,30-31H,12-13H2,1-3H3/t16-,21?,22-/m1/s1. The molecule has 0 aliphatic heterocycles. The van der Waals surface area contributed by atoms with E-state index in [0.717, 1.165) is 39.8 Å². The molecule has 3 aromatic rings. The SMILES string of the molecule is CC(C)NC(CNc1ccc(-c2ncnc3c2[C@H](C)C[C@H]3O)cc1)c1ccc(Cl)cc1. The van der Waals surface area contributed by atoms with Gasteiger partial charge in [0.15, 0.2) is 0 Å². The van der Waals surface area contributed by atoms with Gasteiger partial charge in [0.1, 0.15) is 6.33 Å². The summed E-state index contributed by atoms with van der Waals surface area (Å²) in [5.74, 6) is 0.251. The van der Waals surface area contributed by atoms with E-state index >= 15 is 0 Å². The Morgan fingerprint density at radius 2 is 1.77 bits per heavy atom. The lowest BCUT2D eigenvalue weighted by atomic mass is 9.98. The zero-order valence-electron chi connectivity index (χ0n) is 18.1. The second-order valence-corrected chi connectivity index (χ2v) is 8.99. The molecule has 0 saturated carbocycles. The van der Waals surface area contributed by atoms with Crippen molar-refractivity contribution in [2.45, 2.75) is 51.3 Å². The highest BCUT2D eigenvalue weighted by molar-refractivity contribution is 6.30. The molecule has 0 radical (unpaired) electrons. The van der Waals surface area contributed by atoms with Crippen LogP contribution in [-0.4, -0.2) is 27.7 Å². The van der Waals surface area contributed by atoms with Crippen LogP contribution in [0.4, 0.5) is 5.69 Å². The summed E-state index contributed by atoms with van der Waals surface area (Å²) in [4.78, 5) is 8.84. The number of aliphatic hydroxyl groups is 1. The van der Waals surface area contributed by atoms with Crippen LogP contribution >= 0.6 is 11.6 Å².